The van der Waals surface area contributed by atoms with Crippen LogP contribution in [0.3, 0.4) is 0 Å². The van der Waals surface area contributed by atoms with E-state index in [1.165, 1.54) is 24.3 Å². The highest BCUT2D eigenvalue weighted by Gasteiger charge is 2.13. The van der Waals surface area contributed by atoms with Crippen LogP contribution in [-0.4, -0.2) is 27.7 Å². The van der Waals surface area contributed by atoms with Gasteiger partial charge in [-0.3, -0.25) is 0 Å². The van der Waals surface area contributed by atoms with Crippen molar-refractivity contribution >= 4 is 29.2 Å². The van der Waals surface area contributed by atoms with E-state index in [9.17, 15) is 0 Å². The van der Waals surface area contributed by atoms with Gasteiger partial charge in [-0.2, -0.15) is 11.8 Å². The van der Waals surface area contributed by atoms with Crippen LogP contribution in [0, 0.1) is 0 Å². The lowest BCUT2D eigenvalue weighted by Gasteiger charge is -2.22. The number of hydrogen-bond acceptors (Lipinski definition) is 4. The van der Waals surface area contributed by atoms with Crippen molar-refractivity contribution in [3.8, 4) is 0 Å². The maximum Gasteiger partial charge on any atom is 0.151 e. The quantitative estimate of drug-likeness (QED) is 0.846. The molecule has 0 spiro atoms. The third-order valence-corrected chi connectivity index (χ3v) is 3.46. The summed E-state index contributed by atoms with van der Waals surface area (Å²) in [7, 11) is 0. The Balaban J connectivity index is 1.92. The van der Waals surface area contributed by atoms with Crippen LogP contribution < -0.4 is 5.32 Å². The van der Waals surface area contributed by atoms with Crippen molar-refractivity contribution in [3.63, 3.8) is 0 Å². The van der Waals surface area contributed by atoms with E-state index in [1.807, 2.05) is 17.8 Å². The normalized spacial score (nSPS) is 18.1. The van der Waals surface area contributed by atoms with Crippen LogP contribution in [0.2, 0.25) is 5.15 Å². The predicted octanol–water partition coefficient (Wildman–Crippen LogP) is 2.44. The van der Waals surface area contributed by atoms with E-state index in [4.69, 9.17) is 11.6 Å². The number of rotatable bonds is 2. The number of halogens is 1. The Bertz CT molecular complexity index is 285. The Labute approximate surface area is 92.6 Å². The lowest BCUT2D eigenvalue weighted by atomic mass is 10.1. The number of hydrogen-bond donors (Lipinski definition) is 1. The smallest absolute Gasteiger partial charge is 0.151 e. The first kappa shape index (κ1) is 10.1. The molecule has 0 atom stereocenters. The van der Waals surface area contributed by atoms with E-state index >= 15 is 0 Å². The lowest BCUT2D eigenvalue weighted by molar-refractivity contribution is 0.662. The highest BCUT2D eigenvalue weighted by Crippen LogP contribution is 2.19. The maximum atomic E-state index is 5.65. The van der Waals surface area contributed by atoms with Gasteiger partial charge in [0.15, 0.2) is 5.15 Å². The molecule has 1 N–H and O–H groups in total. The first-order valence-corrected chi connectivity index (χ1v) is 6.21. The molecule has 5 heteroatoms. The van der Waals surface area contributed by atoms with Crippen LogP contribution in [0.25, 0.3) is 0 Å². The molecule has 0 aromatic carbocycles. The zero-order chi connectivity index (χ0) is 9.80. The Hall–Kier alpha value is -0.480. The topological polar surface area (TPSA) is 37.8 Å². The molecule has 0 bridgehead atoms. The van der Waals surface area contributed by atoms with Gasteiger partial charge < -0.3 is 5.32 Å². The molecule has 14 heavy (non-hydrogen) atoms. The van der Waals surface area contributed by atoms with Crippen LogP contribution in [-0.2, 0) is 0 Å². The van der Waals surface area contributed by atoms with Gasteiger partial charge in [-0.25, -0.2) is 0 Å². The standard InChI is InChI=1S/C9H12ClN3S/c10-8-1-2-9(13-12-8)11-7-3-5-14-6-4-7/h1-2,7H,3-6H2,(H,11,13). The van der Waals surface area contributed by atoms with Gasteiger partial charge in [0.2, 0.25) is 0 Å². The fourth-order valence-corrected chi connectivity index (χ4v) is 2.65. The first-order chi connectivity index (χ1) is 6.84. The Kier molecular flexibility index (Phi) is 3.48. The number of anilines is 1. The summed E-state index contributed by atoms with van der Waals surface area (Å²) >= 11 is 7.66. The van der Waals surface area contributed by atoms with E-state index in [-0.39, 0.29) is 0 Å². The average molecular weight is 230 g/mol. The molecule has 1 aromatic heterocycles. The van der Waals surface area contributed by atoms with Gasteiger partial charge in [-0.05, 0) is 36.5 Å². The zero-order valence-corrected chi connectivity index (χ0v) is 9.31. The summed E-state index contributed by atoms with van der Waals surface area (Å²) in [5.41, 5.74) is 0. The molecule has 1 aliphatic rings. The molecule has 2 rings (SSSR count). The third kappa shape index (κ3) is 2.75. The largest absolute Gasteiger partial charge is 0.366 e. The van der Waals surface area contributed by atoms with Crippen molar-refractivity contribution in [2.75, 3.05) is 16.8 Å². The minimum absolute atomic E-state index is 0.440. The molecule has 1 aromatic rings. The van der Waals surface area contributed by atoms with Crippen molar-refractivity contribution in [1.29, 1.82) is 0 Å². The molecular formula is C9H12ClN3S. The Morgan fingerprint density at radius 1 is 1.29 bits per heavy atom. The fourth-order valence-electron chi connectivity index (χ4n) is 1.44. The van der Waals surface area contributed by atoms with Crippen molar-refractivity contribution < 1.29 is 0 Å². The summed E-state index contributed by atoms with van der Waals surface area (Å²) in [6, 6.07) is 4.18. The van der Waals surface area contributed by atoms with Crippen molar-refractivity contribution in [1.82, 2.24) is 10.2 Å². The second-order valence-corrected chi connectivity index (χ2v) is 4.88. The molecule has 0 radical (unpaired) electrons. The predicted molar refractivity (Wildman–Crippen MR) is 61.0 cm³/mol. The summed E-state index contributed by atoms with van der Waals surface area (Å²) in [5, 5.41) is 11.6. The van der Waals surface area contributed by atoms with Crippen LogP contribution in [0.15, 0.2) is 12.1 Å². The van der Waals surface area contributed by atoms with Gasteiger partial charge in [0.1, 0.15) is 5.82 Å². The maximum absolute atomic E-state index is 5.65. The summed E-state index contributed by atoms with van der Waals surface area (Å²) < 4.78 is 0. The van der Waals surface area contributed by atoms with E-state index in [2.05, 4.69) is 15.5 Å². The minimum atomic E-state index is 0.440. The van der Waals surface area contributed by atoms with Crippen LogP contribution in [0.5, 0.6) is 0 Å². The molecule has 1 saturated heterocycles. The van der Waals surface area contributed by atoms with Crippen LogP contribution in [0.4, 0.5) is 5.82 Å². The molecule has 0 aliphatic carbocycles. The van der Waals surface area contributed by atoms with Gasteiger partial charge in [-0.15, -0.1) is 10.2 Å². The Morgan fingerprint density at radius 2 is 2.07 bits per heavy atom. The van der Waals surface area contributed by atoms with E-state index < -0.39 is 0 Å². The van der Waals surface area contributed by atoms with Gasteiger partial charge in [0, 0.05) is 6.04 Å². The van der Waals surface area contributed by atoms with E-state index in [1.54, 1.807) is 6.07 Å². The van der Waals surface area contributed by atoms with Gasteiger partial charge in [-0.1, -0.05) is 11.6 Å². The van der Waals surface area contributed by atoms with Gasteiger partial charge in [0.05, 0.1) is 0 Å². The van der Waals surface area contributed by atoms with Crippen LogP contribution >= 0.6 is 23.4 Å². The van der Waals surface area contributed by atoms with E-state index in [0.717, 1.165) is 5.82 Å². The summed E-state index contributed by atoms with van der Waals surface area (Å²) in [6.45, 7) is 0. The lowest BCUT2D eigenvalue weighted by Crippen LogP contribution is -2.25. The number of thioether (sulfide) groups is 1. The summed E-state index contributed by atoms with van der Waals surface area (Å²) in [4.78, 5) is 0. The van der Waals surface area contributed by atoms with Crippen LogP contribution in [0.1, 0.15) is 12.8 Å². The third-order valence-electron chi connectivity index (χ3n) is 2.21. The summed E-state index contributed by atoms with van der Waals surface area (Å²) in [5.74, 6) is 3.29. The summed E-state index contributed by atoms with van der Waals surface area (Å²) in [6.07, 6.45) is 2.41. The number of nitrogens with one attached hydrogen (secondary N) is 1. The zero-order valence-electron chi connectivity index (χ0n) is 7.74. The number of nitrogens with zero attached hydrogens (tertiary/aromatic N) is 2. The van der Waals surface area contributed by atoms with Gasteiger partial charge >= 0.3 is 0 Å². The van der Waals surface area contributed by atoms with Crippen molar-refractivity contribution in [3.05, 3.63) is 17.3 Å². The highest BCUT2D eigenvalue weighted by atomic mass is 35.5. The highest BCUT2D eigenvalue weighted by molar-refractivity contribution is 7.99. The molecule has 0 unspecified atom stereocenters. The molecule has 1 fully saturated rings. The average Bonchev–Trinajstić information content (AvgIpc) is 2.23. The SMILES string of the molecule is Clc1ccc(NC2CCSCC2)nn1. The molecule has 0 amide bonds. The molecule has 2 heterocycles. The Morgan fingerprint density at radius 3 is 2.71 bits per heavy atom. The second-order valence-electron chi connectivity index (χ2n) is 3.27. The molecule has 1 aliphatic heterocycles. The van der Waals surface area contributed by atoms with Crippen molar-refractivity contribution in [2.45, 2.75) is 18.9 Å². The number of aromatic nitrogens is 2. The second kappa shape index (κ2) is 4.84. The van der Waals surface area contributed by atoms with E-state index in [0.29, 0.717) is 11.2 Å². The van der Waals surface area contributed by atoms with Gasteiger partial charge in [0.25, 0.3) is 0 Å². The molecule has 76 valence electrons. The first-order valence-electron chi connectivity index (χ1n) is 4.68. The molecular weight excluding hydrogens is 218 g/mol. The molecule has 3 nitrogen and oxygen atoms in total. The molecule has 0 saturated carbocycles. The van der Waals surface area contributed by atoms with Crippen molar-refractivity contribution in [2.24, 2.45) is 0 Å². The minimum Gasteiger partial charge on any atom is -0.366 e. The fraction of sp³-hybridized carbons (Fsp3) is 0.556. The monoisotopic (exact) mass is 229 g/mol.